The first-order valence-corrected chi connectivity index (χ1v) is 7.41. The molecule has 0 saturated heterocycles. The van der Waals surface area contributed by atoms with E-state index in [1.54, 1.807) is 5.38 Å². The largest absolute Gasteiger partial charge is 0.416 e. The zero-order valence-electron chi connectivity index (χ0n) is 9.09. The predicted molar refractivity (Wildman–Crippen MR) is 74.6 cm³/mol. The summed E-state index contributed by atoms with van der Waals surface area (Å²) in [4.78, 5) is 12.5. The van der Waals surface area contributed by atoms with Crippen molar-refractivity contribution < 1.29 is 18.0 Å². The van der Waals surface area contributed by atoms with Crippen molar-refractivity contribution in [1.82, 2.24) is 0 Å². The van der Waals surface area contributed by atoms with Gasteiger partial charge in [0.15, 0.2) is 0 Å². The minimum atomic E-state index is -4.45. The summed E-state index contributed by atoms with van der Waals surface area (Å²) in [5.41, 5.74) is -0.810. The molecule has 0 saturated carbocycles. The number of rotatable bonds is 2. The predicted octanol–water partition coefficient (Wildman–Crippen LogP) is 5.52. The van der Waals surface area contributed by atoms with Gasteiger partial charge in [-0.25, -0.2) is 0 Å². The molecule has 0 aliphatic carbocycles. The van der Waals surface area contributed by atoms with E-state index in [2.05, 4.69) is 31.9 Å². The highest BCUT2D eigenvalue weighted by molar-refractivity contribution is 9.13. The van der Waals surface area contributed by atoms with Crippen LogP contribution in [0.5, 0.6) is 0 Å². The molecule has 0 fully saturated rings. The fourth-order valence-electron chi connectivity index (χ4n) is 1.44. The fourth-order valence-corrected chi connectivity index (χ4v) is 3.56. The van der Waals surface area contributed by atoms with Gasteiger partial charge in [-0.1, -0.05) is 12.1 Å². The lowest BCUT2D eigenvalue weighted by Crippen LogP contribution is -2.07. The van der Waals surface area contributed by atoms with Gasteiger partial charge >= 0.3 is 6.18 Å². The molecule has 0 bridgehead atoms. The Morgan fingerprint density at radius 2 is 1.89 bits per heavy atom. The van der Waals surface area contributed by atoms with Gasteiger partial charge in [0.2, 0.25) is 5.78 Å². The van der Waals surface area contributed by atoms with Crippen molar-refractivity contribution in [2.24, 2.45) is 0 Å². The number of hydrogen-bond donors (Lipinski definition) is 0. The number of ketones is 1. The van der Waals surface area contributed by atoms with Gasteiger partial charge in [0.1, 0.15) is 0 Å². The van der Waals surface area contributed by atoms with Crippen LogP contribution in [0, 0.1) is 0 Å². The van der Waals surface area contributed by atoms with E-state index in [0.29, 0.717) is 13.8 Å². The van der Waals surface area contributed by atoms with Crippen molar-refractivity contribution in [3.8, 4) is 0 Å². The van der Waals surface area contributed by atoms with E-state index in [-0.39, 0.29) is 5.56 Å². The summed E-state index contributed by atoms with van der Waals surface area (Å²) in [5.74, 6) is -0.436. The number of thiophene rings is 1. The van der Waals surface area contributed by atoms with E-state index >= 15 is 0 Å². The standard InChI is InChI=1S/C12H5Br2F3OS/c13-8-5-19-11(9(8)14)10(18)6-2-1-3-7(4-6)12(15,16)17/h1-5H. The van der Waals surface area contributed by atoms with E-state index in [1.807, 2.05) is 0 Å². The third-order valence-corrected chi connectivity index (χ3v) is 5.87. The van der Waals surface area contributed by atoms with Crippen molar-refractivity contribution in [2.75, 3.05) is 0 Å². The second-order valence-electron chi connectivity index (χ2n) is 3.63. The average molecular weight is 414 g/mol. The topological polar surface area (TPSA) is 17.1 Å². The van der Waals surface area contributed by atoms with E-state index in [4.69, 9.17) is 0 Å². The molecule has 0 aliphatic heterocycles. The molecule has 0 aliphatic rings. The molecule has 1 aromatic carbocycles. The molecule has 7 heteroatoms. The van der Waals surface area contributed by atoms with Gasteiger partial charge in [-0.05, 0) is 44.0 Å². The molecule has 2 aromatic rings. The first-order chi connectivity index (χ1) is 8.80. The van der Waals surface area contributed by atoms with Crippen molar-refractivity contribution in [2.45, 2.75) is 6.18 Å². The Labute approximate surface area is 127 Å². The minimum absolute atomic E-state index is 0.0184. The Kier molecular flexibility index (Phi) is 4.17. The fraction of sp³-hybridized carbons (Fsp3) is 0.0833. The van der Waals surface area contributed by atoms with Gasteiger partial charge in [-0.3, -0.25) is 4.79 Å². The molecule has 1 nitrogen and oxygen atoms in total. The van der Waals surface area contributed by atoms with Gasteiger partial charge in [0.05, 0.1) is 14.9 Å². The van der Waals surface area contributed by atoms with Crippen LogP contribution in [0.3, 0.4) is 0 Å². The van der Waals surface area contributed by atoms with E-state index in [0.717, 1.165) is 12.1 Å². The number of benzene rings is 1. The summed E-state index contributed by atoms with van der Waals surface area (Å²) in [6.45, 7) is 0. The van der Waals surface area contributed by atoms with Gasteiger partial charge in [0.25, 0.3) is 0 Å². The van der Waals surface area contributed by atoms with Crippen LogP contribution in [0.2, 0.25) is 0 Å². The van der Waals surface area contributed by atoms with Crippen LogP contribution in [-0.2, 0) is 6.18 Å². The summed E-state index contributed by atoms with van der Waals surface area (Å²) < 4.78 is 39.0. The SMILES string of the molecule is O=C(c1cccc(C(F)(F)F)c1)c1scc(Br)c1Br. The third kappa shape index (κ3) is 3.09. The summed E-state index contributed by atoms with van der Waals surface area (Å²) in [7, 11) is 0. The number of carbonyl (C=O) groups excluding carboxylic acids is 1. The first kappa shape index (κ1) is 14.7. The quantitative estimate of drug-likeness (QED) is 0.592. The first-order valence-electron chi connectivity index (χ1n) is 4.95. The van der Waals surface area contributed by atoms with Crippen LogP contribution in [0.15, 0.2) is 38.6 Å². The molecule has 100 valence electrons. The maximum Gasteiger partial charge on any atom is 0.416 e. The molecule has 19 heavy (non-hydrogen) atoms. The lowest BCUT2D eigenvalue weighted by Gasteiger charge is -2.07. The van der Waals surface area contributed by atoms with Crippen molar-refractivity contribution in [1.29, 1.82) is 0 Å². The molecule has 0 radical (unpaired) electrons. The van der Waals surface area contributed by atoms with Gasteiger partial charge in [0, 0.05) is 15.4 Å². The van der Waals surface area contributed by atoms with Crippen LogP contribution in [-0.4, -0.2) is 5.78 Å². The average Bonchev–Trinajstić information content (AvgIpc) is 2.68. The highest BCUT2D eigenvalue weighted by atomic mass is 79.9. The number of alkyl halides is 3. The molecule has 0 N–H and O–H groups in total. The van der Waals surface area contributed by atoms with Gasteiger partial charge < -0.3 is 0 Å². The lowest BCUT2D eigenvalue weighted by molar-refractivity contribution is -0.137. The Hall–Kier alpha value is -0.660. The van der Waals surface area contributed by atoms with Crippen LogP contribution < -0.4 is 0 Å². The van der Waals surface area contributed by atoms with Crippen LogP contribution in [0.1, 0.15) is 20.8 Å². The molecule has 0 unspecified atom stereocenters. The van der Waals surface area contributed by atoms with E-state index in [1.165, 1.54) is 23.5 Å². The highest BCUT2D eigenvalue weighted by Gasteiger charge is 2.31. The zero-order chi connectivity index (χ0) is 14.2. The maximum atomic E-state index is 12.6. The van der Waals surface area contributed by atoms with Crippen molar-refractivity contribution in [3.05, 3.63) is 54.6 Å². The highest BCUT2D eigenvalue weighted by Crippen LogP contribution is 2.35. The Bertz CT molecular complexity index is 634. The van der Waals surface area contributed by atoms with Crippen LogP contribution in [0.4, 0.5) is 13.2 Å². The molecule has 1 aromatic heterocycles. The molecule has 0 spiro atoms. The van der Waals surface area contributed by atoms with Crippen molar-refractivity contribution >= 4 is 49.0 Å². The van der Waals surface area contributed by atoms with Gasteiger partial charge in [-0.15, -0.1) is 11.3 Å². The van der Waals surface area contributed by atoms with Crippen molar-refractivity contribution in [3.63, 3.8) is 0 Å². The zero-order valence-corrected chi connectivity index (χ0v) is 13.1. The van der Waals surface area contributed by atoms with E-state index < -0.39 is 17.5 Å². The summed E-state index contributed by atoms with van der Waals surface area (Å²) in [6.07, 6.45) is -4.45. The Morgan fingerprint density at radius 1 is 1.21 bits per heavy atom. The number of carbonyl (C=O) groups is 1. The lowest BCUT2D eigenvalue weighted by atomic mass is 10.1. The molecule has 1 heterocycles. The summed E-state index contributed by atoms with van der Waals surface area (Å²) in [5, 5.41) is 1.70. The number of halogens is 5. The molecule has 0 amide bonds. The molecule has 2 rings (SSSR count). The maximum absolute atomic E-state index is 12.6. The second kappa shape index (κ2) is 5.38. The molecular weight excluding hydrogens is 409 g/mol. The Morgan fingerprint density at radius 3 is 2.42 bits per heavy atom. The van der Waals surface area contributed by atoms with Gasteiger partial charge in [-0.2, -0.15) is 13.2 Å². The Balaban J connectivity index is 2.43. The minimum Gasteiger partial charge on any atom is -0.288 e. The van der Waals surface area contributed by atoms with E-state index in [9.17, 15) is 18.0 Å². The smallest absolute Gasteiger partial charge is 0.288 e. The molecular formula is C12H5Br2F3OS. The van der Waals surface area contributed by atoms with Crippen LogP contribution >= 0.6 is 43.2 Å². The monoisotopic (exact) mass is 412 g/mol. The summed E-state index contributed by atoms with van der Waals surface area (Å²) in [6, 6.07) is 4.41. The summed E-state index contributed by atoms with van der Waals surface area (Å²) >= 11 is 7.63. The second-order valence-corrected chi connectivity index (χ2v) is 6.16. The molecule has 0 atom stereocenters. The normalized spacial score (nSPS) is 11.6. The van der Waals surface area contributed by atoms with Crippen LogP contribution in [0.25, 0.3) is 0 Å². The number of hydrogen-bond acceptors (Lipinski definition) is 2. The third-order valence-electron chi connectivity index (χ3n) is 2.35.